The maximum absolute atomic E-state index is 13.8. The molecular weight excluding hydrogens is 269 g/mol. The zero-order chi connectivity index (χ0) is 14.2. The van der Waals surface area contributed by atoms with E-state index >= 15 is 0 Å². The molecule has 104 valence electrons. The van der Waals surface area contributed by atoms with Gasteiger partial charge in [0.2, 0.25) is 0 Å². The molecule has 0 aromatic heterocycles. The van der Waals surface area contributed by atoms with Crippen molar-refractivity contribution in [3.8, 4) is 0 Å². The van der Waals surface area contributed by atoms with Crippen LogP contribution in [-0.2, 0) is 4.74 Å². The molecule has 0 unspecified atom stereocenters. The molecule has 1 aliphatic carbocycles. The van der Waals surface area contributed by atoms with Gasteiger partial charge in [-0.1, -0.05) is 23.7 Å². The second-order valence-electron chi connectivity index (χ2n) is 5.74. The highest BCUT2D eigenvalue weighted by Gasteiger charge is 2.42. The van der Waals surface area contributed by atoms with Crippen LogP contribution in [0.2, 0.25) is 5.02 Å². The van der Waals surface area contributed by atoms with Crippen molar-refractivity contribution < 1.29 is 13.9 Å². The molecule has 0 heterocycles. The lowest BCUT2D eigenvalue weighted by molar-refractivity contribution is 0.0522. The van der Waals surface area contributed by atoms with Crippen LogP contribution < -0.4 is 5.32 Å². The summed E-state index contributed by atoms with van der Waals surface area (Å²) >= 11 is 5.74. The smallest absolute Gasteiger partial charge is 0.407 e. The van der Waals surface area contributed by atoms with Crippen molar-refractivity contribution in [1.29, 1.82) is 0 Å². The summed E-state index contributed by atoms with van der Waals surface area (Å²) in [7, 11) is 0. The average molecular weight is 286 g/mol. The van der Waals surface area contributed by atoms with E-state index in [1.807, 2.05) is 0 Å². The van der Waals surface area contributed by atoms with Gasteiger partial charge in [-0.3, -0.25) is 0 Å². The third-order valence-corrected chi connectivity index (χ3v) is 3.17. The fourth-order valence-electron chi connectivity index (χ4n) is 1.96. The lowest BCUT2D eigenvalue weighted by Gasteiger charge is -2.19. The number of carbonyl (C=O) groups excluding carboxylic acids is 1. The first kappa shape index (κ1) is 14.1. The molecular formula is C14H17ClFNO2. The summed E-state index contributed by atoms with van der Waals surface area (Å²) in [6.07, 6.45) is 0.235. The van der Waals surface area contributed by atoms with Crippen molar-refractivity contribution in [3.63, 3.8) is 0 Å². The van der Waals surface area contributed by atoms with Gasteiger partial charge in [0.1, 0.15) is 11.4 Å². The van der Waals surface area contributed by atoms with Gasteiger partial charge in [0, 0.05) is 12.0 Å². The Labute approximate surface area is 117 Å². The molecule has 0 bridgehead atoms. The topological polar surface area (TPSA) is 38.3 Å². The van der Waals surface area contributed by atoms with Gasteiger partial charge in [-0.25, -0.2) is 9.18 Å². The Morgan fingerprint density at radius 3 is 2.79 bits per heavy atom. The average Bonchev–Trinajstić information content (AvgIpc) is 2.98. The van der Waals surface area contributed by atoms with E-state index in [0.29, 0.717) is 12.0 Å². The molecule has 3 nitrogen and oxygen atoms in total. The predicted octanol–water partition coefficient (Wildman–Crippen LogP) is 3.86. The Kier molecular flexibility index (Phi) is 3.72. The van der Waals surface area contributed by atoms with Crippen LogP contribution in [-0.4, -0.2) is 17.7 Å². The Morgan fingerprint density at radius 2 is 2.16 bits per heavy atom. The molecule has 0 radical (unpaired) electrons. The Balaban J connectivity index is 1.95. The lowest BCUT2D eigenvalue weighted by Crippen LogP contribution is -2.34. The van der Waals surface area contributed by atoms with Gasteiger partial charge in [-0.15, -0.1) is 0 Å². The van der Waals surface area contributed by atoms with Crippen LogP contribution in [0.3, 0.4) is 0 Å². The fourth-order valence-corrected chi connectivity index (χ4v) is 2.15. The number of benzene rings is 1. The number of rotatable bonds is 2. The van der Waals surface area contributed by atoms with Gasteiger partial charge in [-0.2, -0.15) is 0 Å². The summed E-state index contributed by atoms with van der Waals surface area (Å²) in [5, 5.41) is 2.85. The molecule has 1 aliphatic rings. The van der Waals surface area contributed by atoms with Crippen LogP contribution in [0.25, 0.3) is 0 Å². The van der Waals surface area contributed by atoms with Gasteiger partial charge in [-0.05, 0) is 38.8 Å². The van der Waals surface area contributed by atoms with Crippen molar-refractivity contribution in [2.45, 2.75) is 44.8 Å². The molecule has 5 heteroatoms. The van der Waals surface area contributed by atoms with Crippen LogP contribution in [0.5, 0.6) is 0 Å². The first-order valence-electron chi connectivity index (χ1n) is 6.21. The predicted molar refractivity (Wildman–Crippen MR) is 71.9 cm³/mol. The maximum atomic E-state index is 13.8. The second kappa shape index (κ2) is 5.00. The summed E-state index contributed by atoms with van der Waals surface area (Å²) in [5.41, 5.74) is 0.0176. The van der Waals surface area contributed by atoms with Crippen LogP contribution >= 0.6 is 11.6 Å². The zero-order valence-electron chi connectivity index (χ0n) is 11.2. The van der Waals surface area contributed by atoms with E-state index in [4.69, 9.17) is 16.3 Å². The van der Waals surface area contributed by atoms with E-state index in [1.54, 1.807) is 32.9 Å². The number of hydrogen-bond donors (Lipinski definition) is 1. The minimum atomic E-state index is -0.532. The van der Waals surface area contributed by atoms with Crippen molar-refractivity contribution in [2.24, 2.45) is 0 Å². The Hall–Kier alpha value is -1.29. The Bertz CT molecular complexity index is 499. The lowest BCUT2D eigenvalue weighted by atomic mass is 10.1. The number of alkyl carbamates (subject to hydrolysis) is 1. The van der Waals surface area contributed by atoms with Crippen molar-refractivity contribution in [2.75, 3.05) is 0 Å². The molecule has 1 aromatic carbocycles. The fraction of sp³-hybridized carbons (Fsp3) is 0.500. The second-order valence-corrected chi connectivity index (χ2v) is 6.15. The largest absolute Gasteiger partial charge is 0.444 e. The number of hydrogen-bond acceptors (Lipinski definition) is 2. The summed E-state index contributed by atoms with van der Waals surface area (Å²) < 4.78 is 19.0. The Morgan fingerprint density at radius 1 is 1.47 bits per heavy atom. The first-order chi connectivity index (χ1) is 8.78. The number of amides is 1. The van der Waals surface area contributed by atoms with Crippen molar-refractivity contribution in [1.82, 2.24) is 5.32 Å². The number of carbonyl (C=O) groups is 1. The highest BCUT2D eigenvalue weighted by molar-refractivity contribution is 6.30. The van der Waals surface area contributed by atoms with E-state index in [0.717, 1.165) is 0 Å². The SMILES string of the molecule is CC(C)(C)OC(=O)N[C@@H]1C[C@H]1c1cccc(Cl)c1F. The molecule has 1 saturated carbocycles. The van der Waals surface area contributed by atoms with E-state index in [1.165, 1.54) is 6.07 Å². The van der Waals surface area contributed by atoms with Crippen molar-refractivity contribution in [3.05, 3.63) is 34.6 Å². The number of nitrogens with one attached hydrogen (secondary N) is 1. The minimum Gasteiger partial charge on any atom is -0.444 e. The van der Waals surface area contributed by atoms with E-state index in [2.05, 4.69) is 5.32 Å². The van der Waals surface area contributed by atoms with Gasteiger partial charge < -0.3 is 10.1 Å². The van der Waals surface area contributed by atoms with Gasteiger partial charge in [0.25, 0.3) is 0 Å². The van der Waals surface area contributed by atoms with Crippen LogP contribution in [0.4, 0.5) is 9.18 Å². The first-order valence-corrected chi connectivity index (χ1v) is 6.59. The highest BCUT2D eigenvalue weighted by atomic mass is 35.5. The number of halogens is 2. The molecule has 19 heavy (non-hydrogen) atoms. The van der Waals surface area contributed by atoms with Gasteiger partial charge in [0.15, 0.2) is 0 Å². The van der Waals surface area contributed by atoms with E-state index in [-0.39, 0.29) is 17.0 Å². The summed E-state index contributed by atoms with van der Waals surface area (Å²) in [4.78, 5) is 11.6. The van der Waals surface area contributed by atoms with E-state index in [9.17, 15) is 9.18 Å². The third kappa shape index (κ3) is 3.60. The molecule has 2 rings (SSSR count). The molecule has 0 saturated heterocycles. The quantitative estimate of drug-likeness (QED) is 0.896. The molecule has 1 N–H and O–H groups in total. The molecule has 2 atom stereocenters. The van der Waals surface area contributed by atoms with Gasteiger partial charge >= 0.3 is 6.09 Å². The standard InChI is InChI=1S/C14H17ClFNO2/c1-14(2,3)19-13(18)17-11-7-9(11)8-5-4-6-10(15)12(8)16/h4-6,9,11H,7H2,1-3H3,(H,17,18)/t9-,11+/m0/s1. The summed E-state index contributed by atoms with van der Waals surface area (Å²) in [6, 6.07) is 4.84. The monoisotopic (exact) mass is 285 g/mol. The highest BCUT2D eigenvalue weighted by Crippen LogP contribution is 2.43. The zero-order valence-corrected chi connectivity index (χ0v) is 11.9. The molecule has 1 fully saturated rings. The normalized spacial score (nSPS) is 21.9. The van der Waals surface area contributed by atoms with Crippen LogP contribution in [0.1, 0.15) is 38.7 Å². The van der Waals surface area contributed by atoms with Gasteiger partial charge in [0.05, 0.1) is 5.02 Å². The number of ether oxygens (including phenoxy) is 1. The minimum absolute atomic E-state index is 0.0220. The van der Waals surface area contributed by atoms with Crippen molar-refractivity contribution >= 4 is 17.7 Å². The maximum Gasteiger partial charge on any atom is 0.407 e. The summed E-state index contributed by atoms with van der Waals surface area (Å²) in [6.45, 7) is 5.40. The summed E-state index contributed by atoms with van der Waals surface area (Å²) in [5.74, 6) is -0.422. The molecule has 0 aliphatic heterocycles. The van der Waals surface area contributed by atoms with Crippen LogP contribution in [0, 0.1) is 5.82 Å². The molecule has 1 aromatic rings. The molecule has 1 amide bonds. The van der Waals surface area contributed by atoms with Crippen LogP contribution in [0.15, 0.2) is 18.2 Å². The van der Waals surface area contributed by atoms with E-state index < -0.39 is 17.5 Å². The third-order valence-electron chi connectivity index (χ3n) is 2.87. The molecule has 0 spiro atoms.